The highest BCUT2D eigenvalue weighted by molar-refractivity contribution is 5.81. The van der Waals surface area contributed by atoms with Crippen LogP contribution >= 0.6 is 0 Å². The molecule has 5 nitrogen and oxygen atoms in total. The van der Waals surface area contributed by atoms with Crippen molar-refractivity contribution in [3.63, 3.8) is 0 Å². The molecule has 0 atom stereocenters. The first-order chi connectivity index (χ1) is 10.0. The van der Waals surface area contributed by atoms with Crippen LogP contribution in [-0.2, 0) is 4.79 Å². The first-order valence-electron chi connectivity index (χ1n) is 7.64. The van der Waals surface area contributed by atoms with Crippen molar-refractivity contribution in [3.05, 3.63) is 24.4 Å². The zero-order valence-electron chi connectivity index (χ0n) is 13.2. The van der Waals surface area contributed by atoms with Gasteiger partial charge in [0.1, 0.15) is 5.82 Å². The van der Waals surface area contributed by atoms with E-state index in [0.717, 1.165) is 31.7 Å². The number of piperidine rings is 1. The van der Waals surface area contributed by atoms with Crippen molar-refractivity contribution in [1.29, 1.82) is 0 Å². The maximum absolute atomic E-state index is 11.8. The van der Waals surface area contributed by atoms with Crippen LogP contribution in [0, 0.1) is 5.41 Å². The summed E-state index contributed by atoms with van der Waals surface area (Å²) in [6.45, 7) is 6.68. The van der Waals surface area contributed by atoms with E-state index in [2.05, 4.69) is 26.6 Å². The fourth-order valence-corrected chi connectivity index (χ4v) is 2.67. The van der Waals surface area contributed by atoms with E-state index in [0.29, 0.717) is 12.6 Å². The third kappa shape index (κ3) is 4.17. The molecular weight excluding hydrogens is 264 g/mol. The molecule has 116 valence electrons. The smallest absolute Gasteiger partial charge is 0.226 e. The molecule has 0 aliphatic carbocycles. The molecule has 2 N–H and O–H groups in total. The number of aromatic nitrogens is 1. The van der Waals surface area contributed by atoms with Crippen LogP contribution in [0.1, 0.15) is 26.7 Å². The molecule has 21 heavy (non-hydrogen) atoms. The summed E-state index contributed by atoms with van der Waals surface area (Å²) < 4.78 is 0. The molecule has 0 saturated carbocycles. The molecule has 1 aromatic rings. The Morgan fingerprint density at radius 3 is 2.67 bits per heavy atom. The summed E-state index contributed by atoms with van der Waals surface area (Å²) in [6, 6.07) is 6.51. The Balaban J connectivity index is 1.78. The molecule has 0 bridgehead atoms. The molecule has 1 saturated heterocycles. The summed E-state index contributed by atoms with van der Waals surface area (Å²) in [5.74, 6) is 1.14. The molecule has 2 heterocycles. The van der Waals surface area contributed by atoms with Crippen LogP contribution in [-0.4, -0.2) is 43.6 Å². The van der Waals surface area contributed by atoms with Crippen LogP contribution in [0.5, 0.6) is 0 Å². The van der Waals surface area contributed by atoms with Crippen LogP contribution < -0.4 is 15.5 Å². The van der Waals surface area contributed by atoms with Crippen molar-refractivity contribution < 1.29 is 4.79 Å². The molecule has 0 radical (unpaired) electrons. The predicted molar refractivity (Wildman–Crippen MR) is 85.3 cm³/mol. The van der Waals surface area contributed by atoms with Crippen molar-refractivity contribution in [2.75, 3.05) is 31.6 Å². The second-order valence-electron chi connectivity index (χ2n) is 6.29. The van der Waals surface area contributed by atoms with Crippen LogP contribution in [0.15, 0.2) is 24.4 Å². The van der Waals surface area contributed by atoms with Gasteiger partial charge in [-0.05, 0) is 38.8 Å². The van der Waals surface area contributed by atoms with Gasteiger partial charge in [0.15, 0.2) is 0 Å². The van der Waals surface area contributed by atoms with E-state index in [1.165, 1.54) is 0 Å². The number of carbonyl (C=O) groups excluding carboxylic acids is 1. The average Bonchev–Trinajstić information content (AvgIpc) is 2.53. The number of nitrogens with zero attached hydrogens (tertiary/aromatic N) is 2. The minimum atomic E-state index is -0.368. The van der Waals surface area contributed by atoms with Gasteiger partial charge in [-0.2, -0.15) is 0 Å². The van der Waals surface area contributed by atoms with Crippen molar-refractivity contribution in [2.24, 2.45) is 5.41 Å². The van der Waals surface area contributed by atoms with Gasteiger partial charge in [0.2, 0.25) is 5.91 Å². The second kappa shape index (κ2) is 6.89. The summed E-state index contributed by atoms with van der Waals surface area (Å²) in [7, 11) is 1.69. The standard InChI is InChI=1S/C16H26N4O/c1-16(2,15(21)17-3)12-19-13-7-10-20(11-8-13)14-6-4-5-9-18-14/h4-6,9,13,19H,7-8,10-12H2,1-3H3,(H,17,21). The largest absolute Gasteiger partial charge is 0.359 e. The lowest BCUT2D eigenvalue weighted by Gasteiger charge is -2.35. The predicted octanol–water partition coefficient (Wildman–Crippen LogP) is 1.41. The van der Waals surface area contributed by atoms with Crippen molar-refractivity contribution in [1.82, 2.24) is 15.6 Å². The molecule has 1 aliphatic rings. The van der Waals surface area contributed by atoms with Gasteiger partial charge < -0.3 is 15.5 Å². The van der Waals surface area contributed by atoms with Crippen molar-refractivity contribution in [2.45, 2.75) is 32.7 Å². The van der Waals surface area contributed by atoms with Gasteiger partial charge >= 0.3 is 0 Å². The van der Waals surface area contributed by atoms with Gasteiger partial charge in [0.05, 0.1) is 5.41 Å². The Morgan fingerprint density at radius 2 is 2.10 bits per heavy atom. The molecule has 1 aromatic heterocycles. The Hall–Kier alpha value is -1.62. The van der Waals surface area contributed by atoms with Gasteiger partial charge in [0.25, 0.3) is 0 Å². The van der Waals surface area contributed by atoms with E-state index in [1.807, 2.05) is 32.2 Å². The molecule has 1 fully saturated rings. The number of hydrogen-bond acceptors (Lipinski definition) is 4. The van der Waals surface area contributed by atoms with E-state index in [1.54, 1.807) is 7.05 Å². The first-order valence-corrected chi connectivity index (χ1v) is 7.64. The average molecular weight is 290 g/mol. The minimum absolute atomic E-state index is 0.0842. The summed E-state index contributed by atoms with van der Waals surface area (Å²) in [6.07, 6.45) is 4.01. The first kappa shape index (κ1) is 15.8. The lowest BCUT2D eigenvalue weighted by molar-refractivity contribution is -0.128. The van der Waals surface area contributed by atoms with E-state index in [4.69, 9.17) is 0 Å². The monoisotopic (exact) mass is 290 g/mol. The van der Waals surface area contributed by atoms with E-state index in [-0.39, 0.29) is 11.3 Å². The minimum Gasteiger partial charge on any atom is -0.359 e. The zero-order chi connectivity index (χ0) is 15.3. The lowest BCUT2D eigenvalue weighted by atomic mass is 9.91. The number of rotatable bonds is 5. The SMILES string of the molecule is CNC(=O)C(C)(C)CNC1CCN(c2ccccn2)CC1. The van der Waals surface area contributed by atoms with Gasteiger partial charge in [-0.3, -0.25) is 4.79 Å². The Bertz CT molecular complexity index is 453. The maximum atomic E-state index is 11.8. The van der Waals surface area contributed by atoms with Crippen LogP contribution in [0.2, 0.25) is 0 Å². The van der Waals surface area contributed by atoms with E-state index >= 15 is 0 Å². The Labute approximate surface area is 127 Å². The van der Waals surface area contributed by atoms with Crippen molar-refractivity contribution in [3.8, 4) is 0 Å². The highest BCUT2D eigenvalue weighted by atomic mass is 16.2. The molecule has 1 aliphatic heterocycles. The molecule has 0 spiro atoms. The molecule has 2 rings (SSSR count). The van der Waals surface area contributed by atoms with Crippen LogP contribution in [0.3, 0.4) is 0 Å². The quantitative estimate of drug-likeness (QED) is 0.861. The van der Waals surface area contributed by atoms with E-state index in [9.17, 15) is 4.79 Å². The number of carbonyl (C=O) groups is 1. The Morgan fingerprint density at radius 1 is 1.38 bits per heavy atom. The summed E-state index contributed by atoms with van der Waals surface area (Å²) in [5.41, 5.74) is -0.368. The molecule has 1 amide bonds. The van der Waals surface area contributed by atoms with Crippen molar-refractivity contribution >= 4 is 11.7 Å². The lowest BCUT2D eigenvalue weighted by Crippen LogP contribution is -2.48. The summed E-state index contributed by atoms with van der Waals surface area (Å²) in [4.78, 5) is 18.5. The highest BCUT2D eigenvalue weighted by Gasteiger charge is 2.28. The normalized spacial score (nSPS) is 16.8. The highest BCUT2D eigenvalue weighted by Crippen LogP contribution is 2.19. The van der Waals surface area contributed by atoms with Gasteiger partial charge in [-0.25, -0.2) is 4.98 Å². The van der Waals surface area contributed by atoms with Gasteiger partial charge in [-0.1, -0.05) is 6.07 Å². The fourth-order valence-electron chi connectivity index (χ4n) is 2.67. The number of amides is 1. The third-order valence-electron chi connectivity index (χ3n) is 4.14. The molecule has 0 unspecified atom stereocenters. The number of pyridine rings is 1. The van der Waals surface area contributed by atoms with Crippen LogP contribution in [0.4, 0.5) is 5.82 Å². The zero-order valence-corrected chi connectivity index (χ0v) is 13.2. The molecule has 5 heteroatoms. The maximum Gasteiger partial charge on any atom is 0.226 e. The number of hydrogen-bond donors (Lipinski definition) is 2. The molecule has 0 aromatic carbocycles. The van der Waals surface area contributed by atoms with Crippen LogP contribution in [0.25, 0.3) is 0 Å². The third-order valence-corrected chi connectivity index (χ3v) is 4.14. The second-order valence-corrected chi connectivity index (χ2v) is 6.29. The number of nitrogens with one attached hydrogen (secondary N) is 2. The van der Waals surface area contributed by atoms with E-state index < -0.39 is 0 Å². The summed E-state index contributed by atoms with van der Waals surface area (Å²) in [5, 5.41) is 6.27. The fraction of sp³-hybridized carbons (Fsp3) is 0.625. The van der Waals surface area contributed by atoms with Gasteiger partial charge in [0, 0.05) is 38.9 Å². The topological polar surface area (TPSA) is 57.3 Å². The Kier molecular flexibility index (Phi) is 5.17. The summed E-state index contributed by atoms with van der Waals surface area (Å²) >= 11 is 0. The molecular formula is C16H26N4O. The number of anilines is 1. The van der Waals surface area contributed by atoms with Gasteiger partial charge in [-0.15, -0.1) is 0 Å².